The third kappa shape index (κ3) is 4.96. The predicted octanol–water partition coefficient (Wildman–Crippen LogP) is 4.53. The molecule has 3 atom stereocenters. The molecule has 4 aromatic rings. The molecule has 3 heterocycles. The van der Waals surface area contributed by atoms with E-state index in [2.05, 4.69) is 25.3 Å². The number of fused-ring (bicyclic) bond motifs is 2. The van der Waals surface area contributed by atoms with E-state index in [-0.39, 0.29) is 39.0 Å². The third-order valence-electron chi connectivity index (χ3n) is 6.82. The van der Waals surface area contributed by atoms with Crippen molar-refractivity contribution in [1.82, 2.24) is 24.4 Å². The second-order valence-corrected chi connectivity index (χ2v) is 11.6. The molecule has 0 bridgehead atoms. The highest BCUT2D eigenvalue weighted by Gasteiger charge is 2.34. The van der Waals surface area contributed by atoms with Crippen LogP contribution in [-0.2, 0) is 27.6 Å². The second kappa shape index (κ2) is 9.80. The predicted molar refractivity (Wildman–Crippen MR) is 142 cm³/mol. The number of halogens is 3. The summed E-state index contributed by atoms with van der Waals surface area (Å²) in [4.78, 5) is 33.2. The van der Waals surface area contributed by atoms with Crippen LogP contribution in [0.4, 0.5) is 29.6 Å². The number of aromatic nitrogens is 4. The number of anilines is 2. The summed E-state index contributed by atoms with van der Waals surface area (Å²) in [5.74, 6) is -0.193. The first-order chi connectivity index (χ1) is 20.0. The van der Waals surface area contributed by atoms with Gasteiger partial charge < -0.3 is 15.4 Å². The van der Waals surface area contributed by atoms with Crippen molar-refractivity contribution < 1.29 is 31.0 Å². The average molecular weight is 581 g/mol. The molecule has 0 saturated heterocycles. The minimum Gasteiger partial charge on any atom is -0.453 e. The summed E-state index contributed by atoms with van der Waals surface area (Å²) >= 11 is 0. The normalized spacial score (nSPS) is 20.5. The summed E-state index contributed by atoms with van der Waals surface area (Å²) in [7, 11) is -2.29. The van der Waals surface area contributed by atoms with Crippen LogP contribution in [0.2, 0.25) is 0 Å². The van der Waals surface area contributed by atoms with E-state index in [4.69, 9.17) is 8.89 Å². The molecular weight excluding hydrogens is 551 g/mol. The Bertz CT molecular complexity index is 1920. The number of benzene rings is 1. The fraction of sp³-hybridized carbons (Fsp3) is 0.360. The summed E-state index contributed by atoms with van der Waals surface area (Å²) < 4.78 is 92.7. The van der Waals surface area contributed by atoms with Crippen LogP contribution in [-0.4, -0.2) is 48.8 Å². The number of nitrogens with one attached hydrogen (secondary N) is 3. The molecule has 1 amide bonds. The zero-order valence-corrected chi connectivity index (χ0v) is 22.0. The first-order valence-corrected chi connectivity index (χ1v) is 14.0. The van der Waals surface area contributed by atoms with E-state index in [1.807, 2.05) is 0 Å². The standard InChI is InChI=1S/C25H26F3N7O4S/c1-34-18-12-30-20(10-17(18)35(24(34)37)14-8-7-13(9-14)31-23(36)39-2)32-21-11-19(40(3,29)38)15-5-4-6-16(22(15)33-21)25(26,27)28/h4-6,10-14,29H,7-9H2,1-3H3,(H,31,36)(H,30,32,33)/t13-,14?,40?/m1/s1/i1D3. The van der Waals surface area contributed by atoms with Crippen LogP contribution in [0.3, 0.4) is 0 Å². The molecule has 0 radical (unpaired) electrons. The minimum absolute atomic E-state index is 0.000969. The highest BCUT2D eigenvalue weighted by molar-refractivity contribution is 7.92. The van der Waals surface area contributed by atoms with Gasteiger partial charge in [0.25, 0.3) is 0 Å². The van der Waals surface area contributed by atoms with Gasteiger partial charge in [-0.3, -0.25) is 9.13 Å². The lowest BCUT2D eigenvalue weighted by atomic mass is 10.1. The SMILES string of the molecule is [2H]C([2H])([2H])n1c(=O)n(C2CC[C@@H](NC(=O)OC)C2)c2cc(Nc3cc(S(C)(=N)=O)c4cccc(C(F)(F)F)c4n3)ncc21. The van der Waals surface area contributed by atoms with Crippen LogP contribution >= 0.6 is 0 Å². The number of imidazole rings is 1. The van der Waals surface area contributed by atoms with Gasteiger partial charge in [-0.25, -0.2) is 28.5 Å². The summed E-state index contributed by atoms with van der Waals surface area (Å²) in [6.07, 6.45) is -1.95. The molecule has 1 fully saturated rings. The maximum atomic E-state index is 13.8. The zero-order valence-electron chi connectivity index (χ0n) is 24.2. The summed E-state index contributed by atoms with van der Waals surface area (Å²) in [5, 5.41) is 5.36. The maximum Gasteiger partial charge on any atom is 0.418 e. The number of pyridine rings is 2. The van der Waals surface area contributed by atoms with Gasteiger partial charge in [-0.2, -0.15) is 13.2 Å². The van der Waals surface area contributed by atoms with Crippen molar-refractivity contribution in [3.8, 4) is 0 Å². The van der Waals surface area contributed by atoms with Crippen LogP contribution in [0.5, 0.6) is 0 Å². The van der Waals surface area contributed by atoms with Gasteiger partial charge in [-0.05, 0) is 31.4 Å². The van der Waals surface area contributed by atoms with E-state index in [0.717, 1.165) is 24.6 Å². The Morgan fingerprint density at radius 2 is 2.02 bits per heavy atom. The maximum absolute atomic E-state index is 13.8. The highest BCUT2D eigenvalue weighted by Crippen LogP contribution is 2.37. The van der Waals surface area contributed by atoms with Crippen molar-refractivity contribution in [3.63, 3.8) is 0 Å². The molecule has 2 unspecified atom stereocenters. The zero-order chi connectivity index (χ0) is 31.5. The first kappa shape index (κ1) is 23.7. The molecular formula is C25H26F3N7O4S. The average Bonchev–Trinajstić information content (AvgIpc) is 3.46. The molecule has 1 saturated carbocycles. The van der Waals surface area contributed by atoms with Crippen LogP contribution < -0.4 is 16.3 Å². The van der Waals surface area contributed by atoms with Crippen molar-refractivity contribution in [1.29, 1.82) is 4.78 Å². The Hall–Kier alpha value is -4.14. The smallest absolute Gasteiger partial charge is 0.418 e. The van der Waals surface area contributed by atoms with Gasteiger partial charge in [-0.1, -0.05) is 12.1 Å². The molecule has 1 aliphatic carbocycles. The number of methoxy groups -OCH3 is 1. The van der Waals surface area contributed by atoms with E-state index < -0.39 is 51.8 Å². The molecule has 5 rings (SSSR count). The number of rotatable bonds is 5. The number of aryl methyl sites for hydroxylation is 1. The molecule has 3 N–H and O–H groups in total. The Balaban J connectivity index is 1.63. The first-order valence-electron chi connectivity index (χ1n) is 13.5. The van der Waals surface area contributed by atoms with Crippen molar-refractivity contribution in [2.45, 2.75) is 42.4 Å². The van der Waals surface area contributed by atoms with Crippen LogP contribution in [0.1, 0.15) is 35.0 Å². The summed E-state index contributed by atoms with van der Waals surface area (Å²) in [6.45, 7) is -2.85. The van der Waals surface area contributed by atoms with E-state index in [1.165, 1.54) is 29.9 Å². The number of nitrogens with zero attached hydrogens (tertiary/aromatic N) is 4. The van der Waals surface area contributed by atoms with Crippen molar-refractivity contribution in [3.05, 3.63) is 52.6 Å². The van der Waals surface area contributed by atoms with Gasteiger partial charge in [0.05, 0.1) is 50.0 Å². The molecule has 212 valence electrons. The van der Waals surface area contributed by atoms with Crippen LogP contribution in [0.25, 0.3) is 21.9 Å². The van der Waals surface area contributed by atoms with Gasteiger partial charge in [0.15, 0.2) is 0 Å². The number of amides is 1. The number of alkyl halides is 3. The number of carbonyl (C=O) groups is 1. The number of carbonyl (C=O) groups excluding carboxylic acids is 1. The molecule has 1 aliphatic rings. The number of alkyl carbamates (subject to hydrolysis) is 1. The third-order valence-corrected chi connectivity index (χ3v) is 8.00. The molecule has 40 heavy (non-hydrogen) atoms. The molecule has 15 heteroatoms. The molecule has 0 spiro atoms. The monoisotopic (exact) mass is 580 g/mol. The fourth-order valence-electron chi connectivity index (χ4n) is 5.05. The highest BCUT2D eigenvalue weighted by atomic mass is 32.2. The minimum atomic E-state index is -4.79. The van der Waals surface area contributed by atoms with Gasteiger partial charge in [0.2, 0.25) is 0 Å². The largest absolute Gasteiger partial charge is 0.453 e. The second-order valence-electron chi connectivity index (χ2n) is 9.52. The van der Waals surface area contributed by atoms with E-state index >= 15 is 0 Å². The lowest BCUT2D eigenvalue weighted by Gasteiger charge is -2.16. The molecule has 11 nitrogen and oxygen atoms in total. The number of hydrogen-bond donors (Lipinski definition) is 3. The van der Waals surface area contributed by atoms with Gasteiger partial charge in [0, 0.05) is 40.9 Å². The number of ether oxygens (including phenoxy) is 1. The van der Waals surface area contributed by atoms with Gasteiger partial charge in [-0.15, -0.1) is 0 Å². The van der Waals surface area contributed by atoms with Crippen molar-refractivity contribution >= 4 is 49.4 Å². The van der Waals surface area contributed by atoms with Gasteiger partial charge in [0.1, 0.15) is 11.6 Å². The Kier molecular flexibility index (Phi) is 5.81. The number of hydrogen-bond acceptors (Lipinski definition) is 8. The van der Waals surface area contributed by atoms with Crippen LogP contribution in [0, 0.1) is 4.78 Å². The quantitative estimate of drug-likeness (QED) is 0.315. The Morgan fingerprint density at radius 3 is 2.70 bits per heavy atom. The van der Waals surface area contributed by atoms with Crippen molar-refractivity contribution in [2.24, 2.45) is 6.98 Å². The lowest BCUT2D eigenvalue weighted by molar-refractivity contribution is -0.136. The molecule has 1 aromatic carbocycles. The van der Waals surface area contributed by atoms with Crippen LogP contribution in [0.15, 0.2) is 46.2 Å². The Morgan fingerprint density at radius 1 is 1.25 bits per heavy atom. The lowest BCUT2D eigenvalue weighted by Crippen LogP contribution is -2.33. The summed E-state index contributed by atoms with van der Waals surface area (Å²) in [6, 6.07) is 5.02. The van der Waals surface area contributed by atoms with Gasteiger partial charge >= 0.3 is 18.0 Å². The van der Waals surface area contributed by atoms with E-state index in [1.54, 1.807) is 0 Å². The molecule has 3 aromatic heterocycles. The topological polar surface area (TPSA) is 144 Å². The molecule has 0 aliphatic heterocycles. The van der Waals surface area contributed by atoms with Crippen molar-refractivity contribution in [2.75, 3.05) is 18.7 Å². The summed E-state index contributed by atoms with van der Waals surface area (Å²) in [5.41, 5.74) is -2.24. The fourth-order valence-corrected chi connectivity index (χ4v) is 5.97. The van der Waals surface area contributed by atoms with E-state index in [0.29, 0.717) is 23.8 Å². The van der Waals surface area contributed by atoms with E-state index in [9.17, 15) is 27.0 Å². The Labute approximate surface area is 230 Å². The number of para-hydroxylation sites is 1.